The Morgan fingerprint density at radius 1 is 1.15 bits per heavy atom. The van der Waals surface area contributed by atoms with Crippen molar-refractivity contribution in [1.29, 1.82) is 0 Å². The van der Waals surface area contributed by atoms with Crippen LogP contribution in [0.1, 0.15) is 5.56 Å². The predicted octanol–water partition coefficient (Wildman–Crippen LogP) is 4.77. The average Bonchev–Trinajstić information content (AvgIpc) is 3.12. The van der Waals surface area contributed by atoms with E-state index in [0.717, 1.165) is 26.2 Å². The largest absolute Gasteiger partial charge is 0.493 e. The van der Waals surface area contributed by atoms with Gasteiger partial charge >= 0.3 is 0 Å². The molecular formula is C19H17BrN2O3S. The lowest BCUT2D eigenvalue weighted by Gasteiger charge is -2.11. The first-order valence-electron chi connectivity index (χ1n) is 7.80. The summed E-state index contributed by atoms with van der Waals surface area (Å²) in [4.78, 5) is 17.5. The van der Waals surface area contributed by atoms with Crippen molar-refractivity contribution in [2.75, 3.05) is 19.5 Å². The highest BCUT2D eigenvalue weighted by molar-refractivity contribution is 9.10. The monoisotopic (exact) mass is 432 g/mol. The zero-order valence-corrected chi connectivity index (χ0v) is 16.7. The van der Waals surface area contributed by atoms with Crippen LogP contribution in [0.3, 0.4) is 0 Å². The number of halogens is 1. The Kier molecular flexibility index (Phi) is 5.90. The van der Waals surface area contributed by atoms with Crippen molar-refractivity contribution in [3.63, 3.8) is 0 Å². The second-order valence-electron chi connectivity index (χ2n) is 5.46. The first kappa shape index (κ1) is 18.4. The molecule has 0 unspecified atom stereocenters. The second kappa shape index (κ2) is 8.33. The van der Waals surface area contributed by atoms with Crippen molar-refractivity contribution in [1.82, 2.24) is 4.98 Å². The van der Waals surface area contributed by atoms with E-state index in [4.69, 9.17) is 9.47 Å². The summed E-state index contributed by atoms with van der Waals surface area (Å²) in [5, 5.41) is 4.86. The molecule has 134 valence electrons. The fourth-order valence-corrected chi connectivity index (χ4v) is 3.79. The smallest absolute Gasteiger partial charge is 0.228 e. The fraction of sp³-hybridized carbons (Fsp3) is 0.158. The molecule has 0 fully saturated rings. The zero-order valence-electron chi connectivity index (χ0n) is 14.3. The zero-order chi connectivity index (χ0) is 18.5. The lowest BCUT2D eigenvalue weighted by Crippen LogP contribution is -2.14. The van der Waals surface area contributed by atoms with Crippen LogP contribution in [0.25, 0.3) is 10.4 Å². The van der Waals surface area contributed by atoms with E-state index >= 15 is 0 Å². The van der Waals surface area contributed by atoms with Crippen molar-refractivity contribution in [3.05, 3.63) is 58.1 Å². The van der Waals surface area contributed by atoms with Crippen LogP contribution < -0.4 is 14.8 Å². The minimum absolute atomic E-state index is 0.100. The molecule has 2 aromatic heterocycles. The quantitative estimate of drug-likeness (QED) is 0.609. The van der Waals surface area contributed by atoms with Gasteiger partial charge in [-0.3, -0.25) is 9.78 Å². The molecule has 26 heavy (non-hydrogen) atoms. The molecule has 1 amide bonds. The van der Waals surface area contributed by atoms with E-state index in [1.54, 1.807) is 50.1 Å². The Hall–Kier alpha value is -2.38. The number of nitrogens with one attached hydrogen (secondary N) is 1. The summed E-state index contributed by atoms with van der Waals surface area (Å²) < 4.78 is 11.4. The highest BCUT2D eigenvalue weighted by atomic mass is 79.9. The SMILES string of the molecule is COc1cc(Br)c(CC(=O)Nc2csc(-c3ccncc3)c2)cc1OC. The van der Waals surface area contributed by atoms with Crippen LogP contribution in [-0.4, -0.2) is 25.1 Å². The number of rotatable bonds is 6. The molecule has 5 nitrogen and oxygen atoms in total. The Balaban J connectivity index is 1.71. The number of benzene rings is 1. The molecule has 0 aliphatic heterocycles. The number of amides is 1. The van der Waals surface area contributed by atoms with Crippen molar-refractivity contribution >= 4 is 38.9 Å². The predicted molar refractivity (Wildman–Crippen MR) is 107 cm³/mol. The maximum atomic E-state index is 12.4. The average molecular weight is 433 g/mol. The molecule has 1 aromatic carbocycles. The van der Waals surface area contributed by atoms with Gasteiger partial charge in [0.25, 0.3) is 0 Å². The molecule has 0 radical (unpaired) electrons. The molecule has 2 heterocycles. The first-order chi connectivity index (χ1) is 12.6. The molecule has 7 heteroatoms. The Morgan fingerprint density at radius 2 is 1.85 bits per heavy atom. The number of thiophene rings is 1. The molecule has 0 atom stereocenters. The molecule has 0 saturated carbocycles. The molecule has 3 aromatic rings. The van der Waals surface area contributed by atoms with Gasteiger partial charge in [0, 0.05) is 27.1 Å². The third-order valence-corrected chi connectivity index (χ3v) is 5.47. The third kappa shape index (κ3) is 4.23. The number of carbonyl (C=O) groups is 1. The molecule has 0 spiro atoms. The Labute approximate surface area is 164 Å². The van der Waals surface area contributed by atoms with Gasteiger partial charge in [-0.05, 0) is 41.5 Å². The summed E-state index contributed by atoms with van der Waals surface area (Å²) in [7, 11) is 3.15. The Bertz CT molecular complexity index is 912. The first-order valence-corrected chi connectivity index (χ1v) is 9.47. The number of ether oxygens (including phenoxy) is 2. The summed E-state index contributed by atoms with van der Waals surface area (Å²) in [6, 6.07) is 9.45. The van der Waals surface area contributed by atoms with Gasteiger partial charge in [-0.15, -0.1) is 11.3 Å². The maximum absolute atomic E-state index is 12.4. The van der Waals surface area contributed by atoms with Gasteiger partial charge in [0.1, 0.15) is 0 Å². The van der Waals surface area contributed by atoms with Crippen LogP contribution in [0.2, 0.25) is 0 Å². The van der Waals surface area contributed by atoms with Gasteiger partial charge in [-0.25, -0.2) is 0 Å². The minimum atomic E-state index is -0.100. The number of pyridine rings is 1. The molecule has 1 N–H and O–H groups in total. The van der Waals surface area contributed by atoms with E-state index in [9.17, 15) is 4.79 Å². The second-order valence-corrected chi connectivity index (χ2v) is 7.22. The van der Waals surface area contributed by atoms with Crippen LogP contribution in [-0.2, 0) is 11.2 Å². The summed E-state index contributed by atoms with van der Waals surface area (Å²) >= 11 is 5.06. The van der Waals surface area contributed by atoms with E-state index in [0.29, 0.717) is 11.5 Å². The van der Waals surface area contributed by atoms with Crippen LogP contribution in [0.4, 0.5) is 5.69 Å². The highest BCUT2D eigenvalue weighted by Crippen LogP contribution is 2.34. The number of aromatic nitrogens is 1. The molecule has 3 rings (SSSR count). The van der Waals surface area contributed by atoms with Gasteiger partial charge in [0.15, 0.2) is 11.5 Å². The Morgan fingerprint density at radius 3 is 2.54 bits per heavy atom. The summed E-state index contributed by atoms with van der Waals surface area (Å²) in [5.74, 6) is 1.11. The molecular weight excluding hydrogens is 416 g/mol. The number of methoxy groups -OCH3 is 2. The van der Waals surface area contributed by atoms with Crippen molar-refractivity contribution < 1.29 is 14.3 Å². The summed E-state index contributed by atoms with van der Waals surface area (Å²) in [5.41, 5.74) is 2.68. The number of anilines is 1. The summed E-state index contributed by atoms with van der Waals surface area (Å²) in [6.45, 7) is 0. The third-order valence-electron chi connectivity index (χ3n) is 3.75. The number of nitrogens with zero attached hydrogens (tertiary/aromatic N) is 1. The van der Waals surface area contributed by atoms with Crippen LogP contribution in [0.15, 0.2) is 52.6 Å². The van der Waals surface area contributed by atoms with Gasteiger partial charge in [0.2, 0.25) is 5.91 Å². The van der Waals surface area contributed by atoms with E-state index in [-0.39, 0.29) is 12.3 Å². The van der Waals surface area contributed by atoms with Crippen LogP contribution >= 0.6 is 27.3 Å². The normalized spacial score (nSPS) is 10.4. The standard InChI is InChI=1S/C19H17BrN2O3S/c1-24-16-7-13(15(20)10-17(16)25-2)8-19(23)22-14-9-18(26-11-14)12-3-5-21-6-4-12/h3-7,9-11H,8H2,1-2H3,(H,22,23). The van der Waals surface area contributed by atoms with Crippen molar-refractivity contribution in [2.24, 2.45) is 0 Å². The van der Waals surface area contributed by atoms with Gasteiger partial charge in [-0.2, -0.15) is 0 Å². The maximum Gasteiger partial charge on any atom is 0.228 e. The van der Waals surface area contributed by atoms with E-state index < -0.39 is 0 Å². The molecule has 0 aliphatic rings. The number of carbonyl (C=O) groups excluding carboxylic acids is 1. The lowest BCUT2D eigenvalue weighted by molar-refractivity contribution is -0.115. The number of hydrogen-bond acceptors (Lipinski definition) is 5. The molecule has 0 aliphatic carbocycles. The van der Waals surface area contributed by atoms with E-state index in [1.807, 2.05) is 23.6 Å². The molecule has 0 bridgehead atoms. The highest BCUT2D eigenvalue weighted by Gasteiger charge is 2.13. The minimum Gasteiger partial charge on any atom is -0.493 e. The topological polar surface area (TPSA) is 60.5 Å². The van der Waals surface area contributed by atoms with E-state index in [1.165, 1.54) is 0 Å². The summed E-state index contributed by atoms with van der Waals surface area (Å²) in [6.07, 6.45) is 3.73. The van der Waals surface area contributed by atoms with Crippen molar-refractivity contribution in [3.8, 4) is 21.9 Å². The molecule has 0 saturated heterocycles. The van der Waals surface area contributed by atoms with Crippen molar-refractivity contribution in [2.45, 2.75) is 6.42 Å². The fourth-order valence-electron chi connectivity index (χ4n) is 2.48. The number of hydrogen-bond donors (Lipinski definition) is 1. The van der Waals surface area contributed by atoms with Crippen LogP contribution in [0.5, 0.6) is 11.5 Å². The van der Waals surface area contributed by atoms with Gasteiger partial charge in [-0.1, -0.05) is 15.9 Å². The van der Waals surface area contributed by atoms with Gasteiger partial charge in [0.05, 0.1) is 26.3 Å². The van der Waals surface area contributed by atoms with Gasteiger partial charge < -0.3 is 14.8 Å². The van der Waals surface area contributed by atoms with Crippen LogP contribution in [0, 0.1) is 0 Å². The lowest BCUT2D eigenvalue weighted by atomic mass is 10.1. The van der Waals surface area contributed by atoms with E-state index in [2.05, 4.69) is 26.2 Å².